The van der Waals surface area contributed by atoms with Crippen LogP contribution in [-0.4, -0.2) is 9.55 Å². The van der Waals surface area contributed by atoms with Gasteiger partial charge in [-0.3, -0.25) is 0 Å². The van der Waals surface area contributed by atoms with Gasteiger partial charge in [0.1, 0.15) is 11.3 Å². The molecule has 1 aliphatic carbocycles. The van der Waals surface area contributed by atoms with Crippen molar-refractivity contribution in [3.63, 3.8) is 0 Å². The molecule has 1 aromatic carbocycles. The predicted octanol–water partition coefficient (Wildman–Crippen LogP) is 4.76. The summed E-state index contributed by atoms with van der Waals surface area (Å²) in [6, 6.07) is 5.16. The molecule has 1 unspecified atom stereocenters. The van der Waals surface area contributed by atoms with Gasteiger partial charge in [0.05, 0.1) is 10.9 Å². The zero-order chi connectivity index (χ0) is 13.6. The van der Waals surface area contributed by atoms with Gasteiger partial charge in [0.15, 0.2) is 5.82 Å². The topological polar surface area (TPSA) is 17.8 Å². The van der Waals surface area contributed by atoms with E-state index in [2.05, 4.69) is 16.5 Å². The molecule has 102 valence electrons. The highest BCUT2D eigenvalue weighted by Gasteiger charge is 2.40. The number of hydrogen-bond acceptors (Lipinski definition) is 1. The minimum atomic E-state index is -0.264. The average Bonchev–Trinajstić information content (AvgIpc) is 2.71. The molecule has 2 aromatic rings. The Kier molecular flexibility index (Phi) is 3.05. The van der Waals surface area contributed by atoms with Crippen LogP contribution >= 0.6 is 11.6 Å². The van der Waals surface area contributed by atoms with Gasteiger partial charge >= 0.3 is 0 Å². The van der Waals surface area contributed by atoms with Crippen LogP contribution < -0.4 is 0 Å². The third-order valence-electron chi connectivity index (χ3n) is 4.43. The van der Waals surface area contributed by atoms with E-state index in [1.54, 1.807) is 6.07 Å². The molecule has 0 saturated heterocycles. The fourth-order valence-electron chi connectivity index (χ4n) is 3.17. The minimum absolute atomic E-state index is 0.0844. The highest BCUT2D eigenvalue weighted by atomic mass is 35.5. The third kappa shape index (κ3) is 1.78. The van der Waals surface area contributed by atoms with E-state index in [4.69, 9.17) is 11.6 Å². The molecule has 0 spiro atoms. The van der Waals surface area contributed by atoms with E-state index in [9.17, 15) is 4.39 Å². The Bertz CT molecular complexity index is 608. The van der Waals surface area contributed by atoms with Crippen LogP contribution in [0, 0.1) is 5.82 Å². The average molecular weight is 281 g/mol. The Morgan fingerprint density at radius 2 is 2.21 bits per heavy atom. The van der Waals surface area contributed by atoms with Crippen molar-refractivity contribution >= 4 is 22.6 Å². The molecular weight excluding hydrogens is 263 g/mol. The maximum Gasteiger partial charge on any atom is 0.151 e. The molecule has 1 saturated carbocycles. The van der Waals surface area contributed by atoms with Gasteiger partial charge in [-0.2, -0.15) is 0 Å². The quantitative estimate of drug-likeness (QED) is 0.741. The SMILES string of the molecule is CCC1(n2c(C(C)Cl)nc3c(F)cccc32)CCC1. The minimum Gasteiger partial charge on any atom is -0.320 e. The number of rotatable bonds is 3. The van der Waals surface area contributed by atoms with Gasteiger partial charge in [-0.05, 0) is 44.7 Å². The largest absolute Gasteiger partial charge is 0.320 e. The molecule has 1 heterocycles. The van der Waals surface area contributed by atoms with Crippen molar-refractivity contribution in [2.24, 2.45) is 0 Å². The van der Waals surface area contributed by atoms with E-state index in [1.165, 1.54) is 12.5 Å². The molecule has 0 aliphatic heterocycles. The molecule has 19 heavy (non-hydrogen) atoms. The van der Waals surface area contributed by atoms with Crippen LogP contribution in [0.4, 0.5) is 4.39 Å². The highest BCUT2D eigenvalue weighted by molar-refractivity contribution is 6.20. The first-order valence-electron chi connectivity index (χ1n) is 6.90. The van der Waals surface area contributed by atoms with Gasteiger partial charge in [0.25, 0.3) is 0 Å². The molecule has 1 atom stereocenters. The van der Waals surface area contributed by atoms with E-state index in [-0.39, 0.29) is 16.7 Å². The number of halogens is 2. The number of alkyl halides is 1. The second kappa shape index (κ2) is 4.48. The smallest absolute Gasteiger partial charge is 0.151 e. The molecule has 1 aromatic heterocycles. The van der Waals surface area contributed by atoms with Crippen molar-refractivity contribution in [3.05, 3.63) is 29.8 Å². The third-order valence-corrected chi connectivity index (χ3v) is 4.63. The Balaban J connectivity index is 2.31. The molecule has 3 rings (SSSR count). The maximum atomic E-state index is 13.9. The van der Waals surface area contributed by atoms with E-state index in [0.717, 1.165) is 30.6 Å². The summed E-state index contributed by atoms with van der Waals surface area (Å²) < 4.78 is 16.1. The second-order valence-corrected chi connectivity index (χ2v) is 6.12. The first kappa shape index (κ1) is 12.9. The number of benzene rings is 1. The summed E-state index contributed by atoms with van der Waals surface area (Å²) in [5, 5.41) is -0.212. The molecule has 1 fully saturated rings. The molecule has 1 aliphatic rings. The zero-order valence-corrected chi connectivity index (χ0v) is 12.0. The van der Waals surface area contributed by atoms with E-state index >= 15 is 0 Å². The molecule has 0 radical (unpaired) electrons. The normalized spacial score (nSPS) is 19.4. The lowest BCUT2D eigenvalue weighted by molar-refractivity contribution is 0.137. The van der Waals surface area contributed by atoms with Gasteiger partial charge in [-0.1, -0.05) is 13.0 Å². The summed E-state index contributed by atoms with van der Waals surface area (Å²) in [6.07, 6.45) is 4.51. The maximum absolute atomic E-state index is 13.9. The van der Waals surface area contributed by atoms with Crippen LogP contribution in [0.2, 0.25) is 0 Å². The fourth-order valence-corrected chi connectivity index (χ4v) is 3.31. The Labute approximate surface area is 117 Å². The van der Waals surface area contributed by atoms with Crippen molar-refractivity contribution in [2.45, 2.75) is 50.4 Å². The number of aromatic nitrogens is 2. The van der Waals surface area contributed by atoms with Crippen molar-refractivity contribution in [1.29, 1.82) is 0 Å². The van der Waals surface area contributed by atoms with Crippen LogP contribution in [0.25, 0.3) is 11.0 Å². The summed E-state index contributed by atoms with van der Waals surface area (Å²) >= 11 is 6.27. The number of hydrogen-bond donors (Lipinski definition) is 0. The van der Waals surface area contributed by atoms with Gasteiger partial charge in [0, 0.05) is 5.54 Å². The van der Waals surface area contributed by atoms with Crippen LogP contribution in [0.1, 0.15) is 50.7 Å². The van der Waals surface area contributed by atoms with E-state index in [1.807, 2.05) is 13.0 Å². The lowest BCUT2D eigenvalue weighted by atomic mass is 9.74. The monoisotopic (exact) mass is 280 g/mol. The van der Waals surface area contributed by atoms with Crippen molar-refractivity contribution in [2.75, 3.05) is 0 Å². The van der Waals surface area contributed by atoms with Gasteiger partial charge in [-0.15, -0.1) is 11.6 Å². The lowest BCUT2D eigenvalue weighted by Crippen LogP contribution is -2.41. The van der Waals surface area contributed by atoms with Gasteiger partial charge in [-0.25, -0.2) is 9.37 Å². The van der Waals surface area contributed by atoms with Crippen LogP contribution in [0.5, 0.6) is 0 Å². The lowest BCUT2D eigenvalue weighted by Gasteiger charge is -2.44. The summed E-state index contributed by atoms with van der Waals surface area (Å²) in [5.41, 5.74) is 1.41. The molecule has 0 amide bonds. The Hall–Kier alpha value is -1.09. The van der Waals surface area contributed by atoms with Crippen molar-refractivity contribution in [3.8, 4) is 0 Å². The summed E-state index contributed by atoms with van der Waals surface area (Å²) in [7, 11) is 0. The first-order valence-corrected chi connectivity index (χ1v) is 7.34. The highest BCUT2D eigenvalue weighted by Crippen LogP contribution is 2.46. The number of imidazole rings is 1. The molecule has 0 bridgehead atoms. The Morgan fingerprint density at radius 1 is 1.47 bits per heavy atom. The van der Waals surface area contributed by atoms with Crippen LogP contribution in [-0.2, 0) is 5.54 Å². The van der Waals surface area contributed by atoms with Crippen molar-refractivity contribution < 1.29 is 4.39 Å². The van der Waals surface area contributed by atoms with Gasteiger partial charge < -0.3 is 4.57 Å². The Morgan fingerprint density at radius 3 is 2.74 bits per heavy atom. The molecule has 2 nitrogen and oxygen atoms in total. The summed E-state index contributed by atoms with van der Waals surface area (Å²) in [4.78, 5) is 4.46. The molecule has 0 N–H and O–H groups in total. The zero-order valence-electron chi connectivity index (χ0n) is 11.3. The second-order valence-electron chi connectivity index (χ2n) is 5.46. The van der Waals surface area contributed by atoms with Crippen molar-refractivity contribution in [1.82, 2.24) is 9.55 Å². The number of fused-ring (bicyclic) bond motifs is 1. The van der Waals surface area contributed by atoms with Gasteiger partial charge in [0.2, 0.25) is 0 Å². The molecule has 4 heteroatoms. The summed E-state index contributed by atoms with van der Waals surface area (Å²) in [6.45, 7) is 4.09. The number of nitrogens with zero attached hydrogens (tertiary/aromatic N) is 2. The van der Waals surface area contributed by atoms with E-state index < -0.39 is 0 Å². The number of para-hydroxylation sites is 1. The first-order chi connectivity index (χ1) is 9.09. The fraction of sp³-hybridized carbons (Fsp3) is 0.533. The van der Waals surface area contributed by atoms with Crippen LogP contribution in [0.3, 0.4) is 0 Å². The van der Waals surface area contributed by atoms with E-state index in [0.29, 0.717) is 5.52 Å². The standard InChI is InChI=1S/C15H18ClFN2/c1-3-15(8-5-9-15)19-12-7-4-6-11(17)13(12)18-14(19)10(2)16/h4,6-7,10H,3,5,8-9H2,1-2H3. The van der Waals surface area contributed by atoms with Crippen LogP contribution in [0.15, 0.2) is 18.2 Å². The summed E-state index contributed by atoms with van der Waals surface area (Å²) in [5.74, 6) is 0.531. The molecular formula is C15H18ClFN2. The predicted molar refractivity (Wildman–Crippen MR) is 76.1 cm³/mol.